The van der Waals surface area contributed by atoms with Crippen LogP contribution in [0.15, 0.2) is 36.4 Å². The molecular weight excluding hydrogens is 516 g/mol. The zero-order valence-electron chi connectivity index (χ0n) is 27.8. The zero-order chi connectivity index (χ0) is 30.3. The van der Waals surface area contributed by atoms with Crippen LogP contribution in [0.1, 0.15) is 125 Å². The molecule has 0 spiro atoms. The first-order valence-corrected chi connectivity index (χ1v) is 17.2. The van der Waals surface area contributed by atoms with E-state index in [-0.39, 0.29) is 33.7 Å². The Labute approximate surface area is 256 Å². The SMILES string of the molecule is C[C@@H]1[C@H]2[C@H]3CC[C@@H]4[C@@]5(C)C(OC(=O)/C=C/c6ccccc6)CCC(C)(C)[C@@H]5CC[C@@]4(C)[C@]3(C)CC[C@@]2(C)CC[C@]1(C)O. The first-order valence-electron chi connectivity index (χ1n) is 17.2. The van der Waals surface area contributed by atoms with Gasteiger partial charge >= 0.3 is 5.97 Å². The molecule has 1 aromatic rings. The highest BCUT2D eigenvalue weighted by Crippen LogP contribution is 2.77. The van der Waals surface area contributed by atoms with Crippen molar-refractivity contribution in [1.82, 2.24) is 0 Å². The molecule has 0 aliphatic heterocycles. The maximum atomic E-state index is 13.4. The molecule has 6 rings (SSSR count). The Morgan fingerprint density at radius 3 is 2.21 bits per heavy atom. The number of esters is 1. The fourth-order valence-corrected chi connectivity index (χ4v) is 12.7. The van der Waals surface area contributed by atoms with Crippen molar-refractivity contribution in [2.24, 2.45) is 56.7 Å². The molecule has 232 valence electrons. The Hall–Kier alpha value is -1.61. The number of ether oxygens (including phenoxy) is 1. The fourth-order valence-electron chi connectivity index (χ4n) is 12.7. The average Bonchev–Trinajstić information content (AvgIpc) is 2.93. The molecule has 1 N–H and O–H groups in total. The van der Waals surface area contributed by atoms with E-state index in [4.69, 9.17) is 4.74 Å². The molecule has 5 aliphatic carbocycles. The summed E-state index contributed by atoms with van der Waals surface area (Å²) in [5.74, 6) is 2.43. The molecule has 1 unspecified atom stereocenters. The first kappa shape index (κ1) is 30.4. The Morgan fingerprint density at radius 2 is 1.50 bits per heavy atom. The lowest BCUT2D eigenvalue weighted by Crippen LogP contribution is -2.69. The molecule has 0 amide bonds. The lowest BCUT2D eigenvalue weighted by Gasteiger charge is -2.74. The molecule has 0 heterocycles. The summed E-state index contributed by atoms with van der Waals surface area (Å²) in [7, 11) is 0. The van der Waals surface area contributed by atoms with Crippen molar-refractivity contribution in [3.63, 3.8) is 0 Å². The molecule has 11 atom stereocenters. The van der Waals surface area contributed by atoms with E-state index in [1.54, 1.807) is 6.08 Å². The summed E-state index contributed by atoms with van der Waals surface area (Å²) in [4.78, 5) is 13.4. The van der Waals surface area contributed by atoms with Gasteiger partial charge in [-0.15, -0.1) is 0 Å². The Bertz CT molecular complexity index is 1220. The van der Waals surface area contributed by atoms with Crippen LogP contribution in [0, 0.1) is 56.7 Å². The lowest BCUT2D eigenvalue weighted by atomic mass is 9.31. The third-order valence-corrected chi connectivity index (χ3v) is 15.4. The summed E-state index contributed by atoms with van der Waals surface area (Å²) in [6.07, 6.45) is 15.2. The van der Waals surface area contributed by atoms with Crippen LogP contribution in [-0.4, -0.2) is 22.8 Å². The minimum absolute atomic E-state index is 0.0383. The second-order valence-electron chi connectivity index (χ2n) is 17.6. The number of hydrogen-bond acceptors (Lipinski definition) is 3. The van der Waals surface area contributed by atoms with Crippen molar-refractivity contribution in [2.75, 3.05) is 0 Å². The van der Waals surface area contributed by atoms with Gasteiger partial charge in [-0.2, -0.15) is 0 Å². The van der Waals surface area contributed by atoms with Crippen LogP contribution >= 0.6 is 0 Å². The van der Waals surface area contributed by atoms with Crippen LogP contribution in [0.5, 0.6) is 0 Å². The molecule has 0 bridgehead atoms. The van der Waals surface area contributed by atoms with Crippen molar-refractivity contribution < 1.29 is 14.6 Å². The van der Waals surface area contributed by atoms with Gasteiger partial charge in [0.2, 0.25) is 0 Å². The van der Waals surface area contributed by atoms with Crippen molar-refractivity contribution >= 4 is 12.0 Å². The number of benzene rings is 1. The highest BCUT2D eigenvalue weighted by Gasteiger charge is 2.71. The van der Waals surface area contributed by atoms with E-state index in [2.05, 4.69) is 55.4 Å². The summed E-state index contributed by atoms with van der Waals surface area (Å²) in [5, 5.41) is 11.5. The van der Waals surface area contributed by atoms with E-state index in [0.29, 0.717) is 35.0 Å². The molecule has 3 heteroatoms. The van der Waals surface area contributed by atoms with E-state index < -0.39 is 5.60 Å². The molecule has 1 aromatic carbocycles. The second kappa shape index (κ2) is 9.95. The molecule has 42 heavy (non-hydrogen) atoms. The van der Waals surface area contributed by atoms with Crippen LogP contribution < -0.4 is 0 Å². The minimum Gasteiger partial charge on any atom is -0.459 e. The highest BCUT2D eigenvalue weighted by atomic mass is 16.5. The van der Waals surface area contributed by atoms with E-state index in [1.807, 2.05) is 36.4 Å². The molecule has 3 nitrogen and oxygen atoms in total. The third kappa shape index (κ3) is 4.33. The maximum Gasteiger partial charge on any atom is 0.331 e. The Balaban J connectivity index is 1.34. The van der Waals surface area contributed by atoms with E-state index in [0.717, 1.165) is 31.2 Å². The van der Waals surface area contributed by atoms with Gasteiger partial charge < -0.3 is 9.84 Å². The van der Waals surface area contributed by atoms with Gasteiger partial charge in [0.15, 0.2) is 0 Å². The fraction of sp³-hybridized carbons (Fsp3) is 0.769. The van der Waals surface area contributed by atoms with Gasteiger partial charge in [-0.25, -0.2) is 4.79 Å². The van der Waals surface area contributed by atoms with Gasteiger partial charge in [0, 0.05) is 11.5 Å². The topological polar surface area (TPSA) is 46.5 Å². The molecular formula is C39H58O3. The standard InChI is InChI=1S/C39H58O3/c1-26-33-28-15-16-30-37(6,36(28,5)24-22-35(33,4)23-25-38(26,7)41)21-18-29-34(2,3)20-19-31(39(29,30)8)42-32(40)17-14-27-12-10-9-11-13-27/h9-14,17,26,28-31,33,41H,15-16,18-25H2,1-8H3/b17-14+/t26-,28-,29+,30+,31?,33+,35+,36-,37-,38+,39+/m1/s1. The predicted molar refractivity (Wildman–Crippen MR) is 171 cm³/mol. The van der Waals surface area contributed by atoms with Gasteiger partial charge in [0.1, 0.15) is 6.10 Å². The third-order valence-electron chi connectivity index (χ3n) is 15.4. The van der Waals surface area contributed by atoms with Crippen LogP contribution in [0.3, 0.4) is 0 Å². The highest BCUT2D eigenvalue weighted by molar-refractivity contribution is 5.87. The van der Waals surface area contributed by atoms with Crippen molar-refractivity contribution in [1.29, 1.82) is 0 Å². The van der Waals surface area contributed by atoms with Crippen LogP contribution in [-0.2, 0) is 9.53 Å². The quantitative estimate of drug-likeness (QED) is 0.289. The van der Waals surface area contributed by atoms with Crippen molar-refractivity contribution in [3.05, 3.63) is 42.0 Å². The predicted octanol–water partition coefficient (Wildman–Crippen LogP) is 9.48. The molecule has 5 fully saturated rings. The number of carbonyl (C=O) groups is 1. The molecule has 0 saturated heterocycles. The zero-order valence-corrected chi connectivity index (χ0v) is 27.8. The lowest BCUT2D eigenvalue weighted by molar-refractivity contribution is -0.275. The monoisotopic (exact) mass is 574 g/mol. The summed E-state index contributed by atoms with van der Waals surface area (Å²) in [5.41, 5.74) is 1.44. The van der Waals surface area contributed by atoms with Crippen molar-refractivity contribution in [2.45, 2.75) is 131 Å². The normalized spacial score (nSPS) is 49.7. The summed E-state index contributed by atoms with van der Waals surface area (Å²) >= 11 is 0. The Kier molecular flexibility index (Phi) is 7.20. The number of aliphatic hydroxyl groups is 1. The number of fused-ring (bicyclic) bond motifs is 7. The van der Waals surface area contributed by atoms with Crippen LogP contribution in [0.25, 0.3) is 6.08 Å². The maximum absolute atomic E-state index is 13.4. The van der Waals surface area contributed by atoms with Gasteiger partial charge in [-0.1, -0.05) is 78.8 Å². The second-order valence-corrected chi connectivity index (χ2v) is 17.6. The number of carbonyl (C=O) groups excluding carboxylic acids is 1. The summed E-state index contributed by atoms with van der Waals surface area (Å²) in [6.45, 7) is 19.8. The van der Waals surface area contributed by atoms with Gasteiger partial charge in [0.05, 0.1) is 5.60 Å². The minimum atomic E-state index is -0.566. The van der Waals surface area contributed by atoms with E-state index in [9.17, 15) is 9.90 Å². The van der Waals surface area contributed by atoms with Crippen molar-refractivity contribution in [3.8, 4) is 0 Å². The van der Waals surface area contributed by atoms with Gasteiger partial charge in [-0.05, 0) is 134 Å². The van der Waals surface area contributed by atoms with Gasteiger partial charge in [0.25, 0.3) is 0 Å². The number of hydrogen-bond donors (Lipinski definition) is 1. The molecule has 0 radical (unpaired) electrons. The number of rotatable bonds is 3. The van der Waals surface area contributed by atoms with Crippen LogP contribution in [0.2, 0.25) is 0 Å². The van der Waals surface area contributed by atoms with E-state index >= 15 is 0 Å². The summed E-state index contributed by atoms with van der Waals surface area (Å²) < 4.78 is 6.53. The smallest absolute Gasteiger partial charge is 0.331 e. The van der Waals surface area contributed by atoms with Crippen LogP contribution in [0.4, 0.5) is 0 Å². The summed E-state index contributed by atoms with van der Waals surface area (Å²) in [6, 6.07) is 10.1. The first-order chi connectivity index (χ1) is 19.6. The van der Waals surface area contributed by atoms with Gasteiger partial charge in [-0.3, -0.25) is 0 Å². The molecule has 0 aromatic heterocycles. The molecule has 5 aliphatic rings. The molecule has 5 saturated carbocycles. The Morgan fingerprint density at radius 1 is 0.810 bits per heavy atom. The largest absolute Gasteiger partial charge is 0.459 e. The average molecular weight is 575 g/mol. The van der Waals surface area contributed by atoms with E-state index in [1.165, 1.54) is 38.5 Å².